The molecule has 4 saturated carbocycles. The fraction of sp³-hybridized carbons (Fsp3) is 1.00. The van der Waals surface area contributed by atoms with Crippen molar-refractivity contribution >= 4 is 0 Å². The fourth-order valence-electron chi connectivity index (χ4n) is 9.18. The minimum absolute atomic E-state index is 0.509. The molecule has 0 spiro atoms. The lowest BCUT2D eigenvalue weighted by Gasteiger charge is -2.61. The van der Waals surface area contributed by atoms with Crippen LogP contribution in [-0.2, 0) is 0 Å². The summed E-state index contributed by atoms with van der Waals surface area (Å²) in [5, 5.41) is 9.64. The van der Waals surface area contributed by atoms with Gasteiger partial charge in [0.2, 0.25) is 0 Å². The Bertz CT molecular complexity index is 557. The standard InChI is InChI=1S/C25H46N2O/c1-17(7-6-15-25(26,27)28)20-11-12-21-19-10-9-18-8-4-5-14-23(18,2)22(19)13-16-24(20,21)3/h17-22,28H,4-16,26-27H2,1-3H3/t17-,18?,19+,20-,21+,22+,23+,24-/m1/s1. The van der Waals surface area contributed by atoms with E-state index in [9.17, 15) is 5.11 Å². The van der Waals surface area contributed by atoms with E-state index in [0.717, 1.165) is 48.3 Å². The normalized spacial score (nSPS) is 47.1. The van der Waals surface area contributed by atoms with Crippen molar-refractivity contribution in [3.63, 3.8) is 0 Å². The zero-order valence-corrected chi connectivity index (χ0v) is 18.8. The highest BCUT2D eigenvalue weighted by atomic mass is 16.3. The molecular weight excluding hydrogens is 344 g/mol. The van der Waals surface area contributed by atoms with Gasteiger partial charge in [-0.15, -0.1) is 0 Å². The molecule has 4 fully saturated rings. The van der Waals surface area contributed by atoms with Gasteiger partial charge in [-0.25, -0.2) is 0 Å². The van der Waals surface area contributed by atoms with Crippen molar-refractivity contribution in [2.24, 2.45) is 57.8 Å². The first-order chi connectivity index (χ1) is 13.2. The fourth-order valence-corrected chi connectivity index (χ4v) is 9.18. The second kappa shape index (κ2) is 7.54. The van der Waals surface area contributed by atoms with Gasteiger partial charge in [-0.05, 0) is 104 Å². The van der Waals surface area contributed by atoms with Crippen molar-refractivity contribution in [1.29, 1.82) is 0 Å². The summed E-state index contributed by atoms with van der Waals surface area (Å²) < 4.78 is 0. The largest absolute Gasteiger partial charge is 0.363 e. The molecule has 4 rings (SSSR count). The third kappa shape index (κ3) is 3.58. The Morgan fingerprint density at radius 2 is 1.68 bits per heavy atom. The van der Waals surface area contributed by atoms with E-state index < -0.39 is 5.85 Å². The number of hydrogen-bond donors (Lipinski definition) is 3. The smallest absolute Gasteiger partial charge is 0.166 e. The van der Waals surface area contributed by atoms with E-state index in [1.165, 1.54) is 64.2 Å². The van der Waals surface area contributed by atoms with Crippen LogP contribution in [0.2, 0.25) is 0 Å². The van der Waals surface area contributed by atoms with Crippen LogP contribution in [0, 0.1) is 46.3 Å². The molecule has 28 heavy (non-hydrogen) atoms. The van der Waals surface area contributed by atoms with Gasteiger partial charge in [-0.2, -0.15) is 0 Å². The van der Waals surface area contributed by atoms with Crippen LogP contribution in [0.4, 0.5) is 0 Å². The summed E-state index contributed by atoms with van der Waals surface area (Å²) >= 11 is 0. The molecule has 0 amide bonds. The van der Waals surface area contributed by atoms with Crippen molar-refractivity contribution in [2.45, 2.75) is 110 Å². The van der Waals surface area contributed by atoms with E-state index in [-0.39, 0.29) is 0 Å². The lowest BCUT2D eigenvalue weighted by Crippen LogP contribution is -2.53. The molecule has 3 heteroatoms. The second-order valence-electron chi connectivity index (χ2n) is 12.0. The predicted octanol–water partition coefficient (Wildman–Crippen LogP) is 5.41. The summed E-state index contributed by atoms with van der Waals surface area (Å²) in [4.78, 5) is 0. The molecule has 0 heterocycles. The van der Waals surface area contributed by atoms with Gasteiger partial charge >= 0.3 is 0 Å². The Labute approximate surface area is 173 Å². The van der Waals surface area contributed by atoms with Crippen molar-refractivity contribution in [1.82, 2.24) is 0 Å². The first kappa shape index (κ1) is 21.1. The van der Waals surface area contributed by atoms with Gasteiger partial charge in [0, 0.05) is 6.42 Å². The SMILES string of the molecule is C[C@H](CCCC(N)(N)O)[C@H]1CC[C@H]2[C@@H]3CCC4CCCC[C@]4(C)[C@H]3CC[C@]12C. The van der Waals surface area contributed by atoms with Crippen LogP contribution in [0.5, 0.6) is 0 Å². The Morgan fingerprint density at radius 1 is 0.929 bits per heavy atom. The summed E-state index contributed by atoms with van der Waals surface area (Å²) in [5.41, 5.74) is 12.4. The maximum atomic E-state index is 9.64. The minimum Gasteiger partial charge on any atom is -0.363 e. The third-order valence-corrected chi connectivity index (χ3v) is 10.6. The lowest BCUT2D eigenvalue weighted by atomic mass is 9.44. The zero-order valence-electron chi connectivity index (χ0n) is 18.8. The highest BCUT2D eigenvalue weighted by molar-refractivity contribution is 5.09. The number of rotatable bonds is 5. The molecule has 4 aliphatic carbocycles. The predicted molar refractivity (Wildman–Crippen MR) is 116 cm³/mol. The topological polar surface area (TPSA) is 72.3 Å². The average molecular weight is 391 g/mol. The molecule has 0 bridgehead atoms. The van der Waals surface area contributed by atoms with Gasteiger partial charge in [0.25, 0.3) is 0 Å². The van der Waals surface area contributed by atoms with Crippen LogP contribution in [0.3, 0.4) is 0 Å². The van der Waals surface area contributed by atoms with E-state index >= 15 is 0 Å². The van der Waals surface area contributed by atoms with Crippen molar-refractivity contribution in [2.75, 3.05) is 0 Å². The summed E-state index contributed by atoms with van der Waals surface area (Å²) in [6.45, 7) is 7.79. The van der Waals surface area contributed by atoms with E-state index in [1.54, 1.807) is 0 Å². The zero-order chi connectivity index (χ0) is 20.2. The van der Waals surface area contributed by atoms with E-state index in [4.69, 9.17) is 11.5 Å². The van der Waals surface area contributed by atoms with Gasteiger partial charge in [0.1, 0.15) is 0 Å². The summed E-state index contributed by atoms with van der Waals surface area (Å²) in [7, 11) is 0. The Balaban J connectivity index is 1.45. The van der Waals surface area contributed by atoms with Gasteiger partial charge in [-0.1, -0.05) is 40.0 Å². The number of fused-ring (bicyclic) bond motifs is 5. The molecule has 0 aromatic heterocycles. The third-order valence-electron chi connectivity index (χ3n) is 10.6. The van der Waals surface area contributed by atoms with Crippen molar-refractivity contribution < 1.29 is 5.11 Å². The van der Waals surface area contributed by atoms with E-state index in [1.807, 2.05) is 0 Å². The Hall–Kier alpha value is -0.120. The summed E-state index contributed by atoms with van der Waals surface area (Å²) in [6, 6.07) is 0. The van der Waals surface area contributed by atoms with Gasteiger partial charge in [0.15, 0.2) is 5.85 Å². The lowest BCUT2D eigenvalue weighted by molar-refractivity contribution is -0.114. The molecule has 0 saturated heterocycles. The monoisotopic (exact) mass is 390 g/mol. The van der Waals surface area contributed by atoms with Crippen LogP contribution in [0.15, 0.2) is 0 Å². The highest BCUT2D eigenvalue weighted by Gasteiger charge is 2.60. The quantitative estimate of drug-likeness (QED) is 0.550. The maximum Gasteiger partial charge on any atom is 0.166 e. The molecule has 0 aromatic carbocycles. The first-order valence-corrected chi connectivity index (χ1v) is 12.5. The molecule has 4 aliphatic rings. The average Bonchev–Trinajstić information content (AvgIpc) is 2.97. The molecule has 162 valence electrons. The van der Waals surface area contributed by atoms with Crippen LogP contribution in [0.1, 0.15) is 104 Å². The number of hydrogen-bond acceptors (Lipinski definition) is 3. The molecular formula is C25H46N2O. The van der Waals surface area contributed by atoms with Crippen LogP contribution in [0.25, 0.3) is 0 Å². The van der Waals surface area contributed by atoms with Crippen molar-refractivity contribution in [3.8, 4) is 0 Å². The molecule has 3 nitrogen and oxygen atoms in total. The molecule has 0 aromatic rings. The Morgan fingerprint density at radius 3 is 2.43 bits per heavy atom. The molecule has 1 unspecified atom stereocenters. The van der Waals surface area contributed by atoms with Crippen molar-refractivity contribution in [3.05, 3.63) is 0 Å². The summed E-state index contributed by atoms with van der Waals surface area (Å²) in [6.07, 6.45) is 17.4. The van der Waals surface area contributed by atoms with Crippen LogP contribution in [-0.4, -0.2) is 11.0 Å². The molecule has 0 radical (unpaired) electrons. The van der Waals surface area contributed by atoms with Crippen LogP contribution < -0.4 is 11.5 Å². The maximum absolute atomic E-state index is 9.64. The minimum atomic E-state index is -1.49. The van der Waals surface area contributed by atoms with E-state index in [2.05, 4.69) is 20.8 Å². The molecule has 5 N–H and O–H groups in total. The highest BCUT2D eigenvalue weighted by Crippen LogP contribution is 2.68. The second-order valence-corrected chi connectivity index (χ2v) is 12.0. The number of aliphatic hydroxyl groups is 1. The van der Waals surface area contributed by atoms with Crippen LogP contribution >= 0.6 is 0 Å². The Kier molecular flexibility index (Phi) is 5.69. The van der Waals surface area contributed by atoms with Gasteiger partial charge in [-0.3, -0.25) is 11.5 Å². The molecule has 0 aliphatic heterocycles. The molecule has 8 atom stereocenters. The first-order valence-electron chi connectivity index (χ1n) is 12.5. The van der Waals surface area contributed by atoms with Gasteiger partial charge < -0.3 is 5.11 Å². The number of nitrogens with two attached hydrogens (primary N) is 2. The van der Waals surface area contributed by atoms with Gasteiger partial charge in [0.05, 0.1) is 0 Å². The van der Waals surface area contributed by atoms with E-state index in [0.29, 0.717) is 17.3 Å². The summed E-state index contributed by atoms with van der Waals surface area (Å²) in [5.74, 6) is 4.05.